The van der Waals surface area contributed by atoms with Crippen molar-refractivity contribution in [1.82, 2.24) is 23.4 Å². The number of fused-ring (bicyclic) bond motifs is 1. The molecule has 0 bridgehead atoms. The number of benzene rings is 1. The van der Waals surface area contributed by atoms with E-state index >= 15 is 0 Å². The number of sulfonamides is 1. The van der Waals surface area contributed by atoms with Gasteiger partial charge in [-0.3, -0.25) is 9.55 Å². The molecular weight excluding hydrogens is 571 g/mol. The number of rotatable bonds is 5. The fourth-order valence-corrected chi connectivity index (χ4v) is 6.32. The fourth-order valence-electron chi connectivity index (χ4n) is 5.50. The molecule has 10 nitrogen and oxygen atoms in total. The molecule has 1 fully saturated rings. The van der Waals surface area contributed by atoms with Gasteiger partial charge < -0.3 is 14.8 Å². The van der Waals surface area contributed by atoms with Gasteiger partial charge in [-0.2, -0.15) is 17.5 Å². The van der Waals surface area contributed by atoms with Gasteiger partial charge in [0.2, 0.25) is 10.0 Å². The van der Waals surface area contributed by atoms with E-state index in [1.54, 1.807) is 24.7 Å². The number of aryl methyl sites for hydroxylation is 1. The normalized spacial score (nSPS) is 16.0. The average Bonchev–Trinajstić information content (AvgIpc) is 3.55. The minimum absolute atomic E-state index is 0.0407. The molecule has 0 atom stereocenters. The highest BCUT2D eigenvalue weighted by Crippen LogP contribution is 2.39. The van der Waals surface area contributed by atoms with Crippen molar-refractivity contribution in [3.63, 3.8) is 0 Å². The quantitative estimate of drug-likeness (QED) is 0.375. The molecule has 3 aromatic heterocycles. The van der Waals surface area contributed by atoms with E-state index in [0.29, 0.717) is 11.4 Å². The maximum Gasteiger partial charge on any atom is 0.418 e. The first-order chi connectivity index (χ1) is 19.9. The topological polar surface area (TPSA) is 105 Å². The number of piperazine rings is 1. The average molecular weight is 600 g/mol. The molecule has 5 heterocycles. The summed E-state index contributed by atoms with van der Waals surface area (Å²) in [6.45, 7) is 1.20. The fraction of sp³-hybridized carbons (Fsp3) is 0.321. The van der Waals surface area contributed by atoms with Crippen LogP contribution in [-0.4, -0.2) is 70.8 Å². The van der Waals surface area contributed by atoms with Crippen LogP contribution in [0.5, 0.6) is 0 Å². The molecule has 2 aliphatic rings. The summed E-state index contributed by atoms with van der Waals surface area (Å²) in [6.07, 6.45) is 2.11. The van der Waals surface area contributed by atoms with Gasteiger partial charge in [0.1, 0.15) is 5.82 Å². The predicted octanol–water partition coefficient (Wildman–Crippen LogP) is 3.37. The third-order valence-corrected chi connectivity index (χ3v) is 8.95. The van der Waals surface area contributed by atoms with Gasteiger partial charge in [-0.15, -0.1) is 0 Å². The first-order valence-electron chi connectivity index (χ1n) is 13.3. The molecule has 6 rings (SSSR count). The standard InChI is InChI=1S/C28H28F3N7O3S/c1-35-17-25(23-14-18(5-7-32-23)20-13-19-6-8-33-26(19)34-16-20)38(27(35)39)21-3-4-24(22(15-21)28(29,30)31)36-9-11-37(12-10-36)42(2,40)41/h3-5,7,13-17H,6,8-12H2,1-2H3,(H,33,34). The lowest BCUT2D eigenvalue weighted by Gasteiger charge is -2.36. The van der Waals surface area contributed by atoms with E-state index in [1.807, 2.05) is 12.1 Å². The number of hydrogen-bond acceptors (Lipinski definition) is 7. The molecule has 42 heavy (non-hydrogen) atoms. The van der Waals surface area contributed by atoms with Gasteiger partial charge in [0.25, 0.3) is 0 Å². The largest absolute Gasteiger partial charge is 0.418 e. The summed E-state index contributed by atoms with van der Waals surface area (Å²) in [5.74, 6) is 0.853. The molecule has 220 valence electrons. The van der Waals surface area contributed by atoms with Crippen molar-refractivity contribution < 1.29 is 21.6 Å². The van der Waals surface area contributed by atoms with Crippen LogP contribution < -0.4 is 15.9 Å². The second-order valence-electron chi connectivity index (χ2n) is 10.4. The highest BCUT2D eigenvalue weighted by atomic mass is 32.2. The molecule has 0 aliphatic carbocycles. The Hall–Kier alpha value is -4.17. The molecule has 2 aliphatic heterocycles. The van der Waals surface area contributed by atoms with Crippen LogP contribution in [0.4, 0.5) is 24.7 Å². The van der Waals surface area contributed by atoms with E-state index in [9.17, 15) is 26.4 Å². The van der Waals surface area contributed by atoms with Gasteiger partial charge in [0.15, 0.2) is 0 Å². The SMILES string of the molecule is Cn1cc(-c2cc(-c3cnc4c(c3)CCN4)ccn2)n(-c2ccc(N3CCN(S(C)(=O)=O)CC3)c(C(F)(F)F)c2)c1=O. The Balaban J connectivity index is 1.39. The second-order valence-corrected chi connectivity index (χ2v) is 12.4. The number of aromatic nitrogens is 4. The molecule has 0 saturated carbocycles. The van der Waals surface area contributed by atoms with Gasteiger partial charge >= 0.3 is 11.9 Å². The molecule has 14 heteroatoms. The van der Waals surface area contributed by atoms with Crippen molar-refractivity contribution in [2.75, 3.05) is 49.2 Å². The van der Waals surface area contributed by atoms with Crippen LogP contribution in [0.3, 0.4) is 0 Å². The van der Waals surface area contributed by atoms with E-state index < -0.39 is 27.5 Å². The molecule has 1 aromatic carbocycles. The van der Waals surface area contributed by atoms with Gasteiger partial charge in [-0.1, -0.05) is 0 Å². The second kappa shape index (κ2) is 10.3. The Labute approximate surface area is 240 Å². The summed E-state index contributed by atoms with van der Waals surface area (Å²) in [5.41, 5.74) is 2.07. The third-order valence-electron chi connectivity index (χ3n) is 7.65. The van der Waals surface area contributed by atoms with E-state index in [0.717, 1.165) is 47.8 Å². The summed E-state index contributed by atoms with van der Waals surface area (Å²) >= 11 is 0. The number of imidazole rings is 1. The molecule has 1 N–H and O–H groups in total. The van der Waals surface area contributed by atoms with Crippen LogP contribution in [0.25, 0.3) is 28.2 Å². The lowest BCUT2D eigenvalue weighted by molar-refractivity contribution is -0.137. The van der Waals surface area contributed by atoms with Crippen molar-refractivity contribution in [3.05, 3.63) is 76.6 Å². The van der Waals surface area contributed by atoms with Gasteiger partial charge in [0, 0.05) is 69.6 Å². The number of alkyl halides is 3. The zero-order valence-electron chi connectivity index (χ0n) is 22.9. The Morgan fingerprint density at radius 1 is 0.976 bits per heavy atom. The van der Waals surface area contributed by atoms with Crippen LogP contribution in [0, 0.1) is 0 Å². The molecule has 0 spiro atoms. The summed E-state index contributed by atoms with van der Waals surface area (Å²) in [4.78, 5) is 23.7. The van der Waals surface area contributed by atoms with Crippen molar-refractivity contribution >= 4 is 21.5 Å². The molecule has 4 aromatic rings. The molecule has 0 amide bonds. The summed E-state index contributed by atoms with van der Waals surface area (Å²) in [6, 6.07) is 9.43. The number of pyridine rings is 2. The van der Waals surface area contributed by atoms with Gasteiger partial charge in [-0.05, 0) is 53.9 Å². The maximum atomic E-state index is 14.4. The predicted molar refractivity (Wildman–Crippen MR) is 153 cm³/mol. The van der Waals surface area contributed by atoms with Crippen molar-refractivity contribution in [3.8, 4) is 28.2 Å². The number of halogens is 3. The molecular formula is C28H28F3N7O3S. The minimum atomic E-state index is -4.72. The Morgan fingerprint density at radius 3 is 2.45 bits per heavy atom. The van der Waals surface area contributed by atoms with Crippen LogP contribution in [-0.2, 0) is 29.7 Å². The molecule has 0 unspecified atom stereocenters. The number of nitrogens with one attached hydrogen (secondary N) is 1. The van der Waals surface area contributed by atoms with Crippen molar-refractivity contribution in [2.45, 2.75) is 12.6 Å². The lowest BCUT2D eigenvalue weighted by Crippen LogP contribution is -2.48. The smallest absolute Gasteiger partial charge is 0.370 e. The van der Waals surface area contributed by atoms with Gasteiger partial charge in [0.05, 0.1) is 28.9 Å². The van der Waals surface area contributed by atoms with E-state index in [2.05, 4.69) is 15.3 Å². The first-order valence-corrected chi connectivity index (χ1v) is 15.1. The van der Waals surface area contributed by atoms with Crippen molar-refractivity contribution in [1.29, 1.82) is 0 Å². The molecule has 0 radical (unpaired) electrons. The monoisotopic (exact) mass is 599 g/mol. The zero-order chi connectivity index (χ0) is 29.8. The number of nitrogens with zero attached hydrogens (tertiary/aromatic N) is 6. The third kappa shape index (κ3) is 5.15. The minimum Gasteiger partial charge on any atom is -0.370 e. The van der Waals surface area contributed by atoms with Crippen LogP contribution in [0.2, 0.25) is 0 Å². The van der Waals surface area contributed by atoms with Crippen molar-refractivity contribution in [2.24, 2.45) is 7.05 Å². The number of hydrogen-bond donors (Lipinski definition) is 1. The molecule has 1 saturated heterocycles. The zero-order valence-corrected chi connectivity index (χ0v) is 23.7. The summed E-state index contributed by atoms with van der Waals surface area (Å²) < 4.78 is 70.7. The van der Waals surface area contributed by atoms with Gasteiger partial charge in [-0.25, -0.2) is 18.2 Å². The van der Waals surface area contributed by atoms with Crippen LogP contribution in [0.1, 0.15) is 11.1 Å². The highest BCUT2D eigenvalue weighted by molar-refractivity contribution is 7.88. The summed E-state index contributed by atoms with van der Waals surface area (Å²) in [5, 5.41) is 3.22. The Kier molecular flexibility index (Phi) is 6.84. The van der Waals surface area contributed by atoms with Crippen LogP contribution >= 0.6 is 0 Å². The van der Waals surface area contributed by atoms with Crippen LogP contribution in [0.15, 0.2) is 59.8 Å². The lowest BCUT2D eigenvalue weighted by atomic mass is 10.0. The summed E-state index contributed by atoms with van der Waals surface area (Å²) in [7, 11) is -1.91. The Bertz CT molecular complexity index is 1840. The first kappa shape index (κ1) is 28.0. The van der Waals surface area contributed by atoms with E-state index in [4.69, 9.17) is 0 Å². The maximum absolute atomic E-state index is 14.4. The number of anilines is 2. The highest BCUT2D eigenvalue weighted by Gasteiger charge is 2.37. The van der Waals surface area contributed by atoms with E-state index in [1.165, 1.54) is 37.5 Å². The Morgan fingerprint density at radius 2 is 1.74 bits per heavy atom. The van der Waals surface area contributed by atoms with E-state index in [-0.39, 0.29) is 37.6 Å².